The molecular weight excluding hydrogens is 341 g/mol. The summed E-state index contributed by atoms with van der Waals surface area (Å²) < 4.78 is 16.0. The minimum Gasteiger partial charge on any atom is -0.389 e. The summed E-state index contributed by atoms with van der Waals surface area (Å²) >= 11 is 0. The average molecular weight is 367 g/mol. The van der Waals surface area contributed by atoms with Crippen molar-refractivity contribution < 1.29 is 9.50 Å². The van der Waals surface area contributed by atoms with Gasteiger partial charge < -0.3 is 14.6 Å². The van der Waals surface area contributed by atoms with Crippen LogP contribution in [0.3, 0.4) is 0 Å². The second-order valence-corrected chi connectivity index (χ2v) is 7.45. The van der Waals surface area contributed by atoms with E-state index < -0.39 is 6.10 Å². The molecule has 0 aliphatic carbocycles. The van der Waals surface area contributed by atoms with E-state index in [2.05, 4.69) is 27.5 Å². The molecule has 0 amide bonds. The van der Waals surface area contributed by atoms with Gasteiger partial charge in [-0.1, -0.05) is 30.3 Å². The Morgan fingerprint density at radius 2 is 1.78 bits per heavy atom. The van der Waals surface area contributed by atoms with E-state index in [0.717, 1.165) is 42.6 Å². The Hall–Kier alpha value is -2.21. The number of para-hydroxylation sites is 1. The summed E-state index contributed by atoms with van der Waals surface area (Å²) in [5.41, 5.74) is 1.84. The van der Waals surface area contributed by atoms with E-state index >= 15 is 0 Å². The van der Waals surface area contributed by atoms with Crippen molar-refractivity contribution >= 4 is 10.9 Å². The number of rotatable bonds is 5. The molecule has 4 rings (SSSR count). The van der Waals surface area contributed by atoms with Crippen molar-refractivity contribution in [3.05, 3.63) is 72.2 Å². The minimum absolute atomic E-state index is 0.277. The predicted octanol–water partition coefficient (Wildman–Crippen LogP) is 2.98. The van der Waals surface area contributed by atoms with Crippen LogP contribution in [0.15, 0.2) is 60.8 Å². The number of β-amino-alcohol motifs (C(OH)–C–C–N with tert-alkyl or cyclic N) is 1. The van der Waals surface area contributed by atoms with Gasteiger partial charge in [0.2, 0.25) is 0 Å². The van der Waals surface area contributed by atoms with Crippen LogP contribution in [0.4, 0.5) is 4.39 Å². The molecule has 2 aromatic carbocycles. The molecule has 0 bridgehead atoms. The fourth-order valence-electron chi connectivity index (χ4n) is 4.00. The molecule has 27 heavy (non-hydrogen) atoms. The highest BCUT2D eigenvalue weighted by molar-refractivity contribution is 5.80. The number of halogens is 1. The lowest BCUT2D eigenvalue weighted by molar-refractivity contribution is 0.0593. The highest BCUT2D eigenvalue weighted by Crippen LogP contribution is 2.29. The van der Waals surface area contributed by atoms with E-state index in [1.807, 2.05) is 36.5 Å². The third-order valence-electron chi connectivity index (χ3n) is 5.53. The molecule has 0 saturated carbocycles. The lowest BCUT2D eigenvalue weighted by Crippen LogP contribution is -2.48. The summed E-state index contributed by atoms with van der Waals surface area (Å²) in [5.74, 6) is -0.277. The number of aliphatic hydroxyl groups excluding tert-OH is 1. The number of nitrogens with zero attached hydrogens (tertiary/aromatic N) is 3. The van der Waals surface area contributed by atoms with Gasteiger partial charge in [0.05, 0.1) is 12.1 Å². The molecule has 0 radical (unpaired) electrons. The van der Waals surface area contributed by atoms with Crippen LogP contribution in [0.2, 0.25) is 0 Å². The Morgan fingerprint density at radius 1 is 1.00 bits per heavy atom. The maximum Gasteiger partial charge on any atom is 0.123 e. The van der Waals surface area contributed by atoms with Gasteiger partial charge in [-0.3, -0.25) is 4.90 Å². The van der Waals surface area contributed by atoms with Crippen LogP contribution in [0.25, 0.3) is 10.9 Å². The molecular formula is C22H26FN3O. The molecule has 2 heterocycles. The first-order chi connectivity index (χ1) is 13.1. The van der Waals surface area contributed by atoms with E-state index in [0.29, 0.717) is 6.54 Å². The highest BCUT2D eigenvalue weighted by Gasteiger charge is 2.27. The number of benzene rings is 2. The van der Waals surface area contributed by atoms with Crippen LogP contribution < -0.4 is 0 Å². The van der Waals surface area contributed by atoms with Crippen molar-refractivity contribution in [1.29, 1.82) is 0 Å². The van der Waals surface area contributed by atoms with Crippen molar-refractivity contribution in [1.82, 2.24) is 14.4 Å². The molecule has 5 heteroatoms. The molecule has 1 fully saturated rings. The smallest absolute Gasteiger partial charge is 0.123 e. The first-order valence-electron chi connectivity index (χ1n) is 9.52. The summed E-state index contributed by atoms with van der Waals surface area (Å²) in [4.78, 5) is 4.59. The number of aromatic nitrogens is 1. The molecule has 1 aliphatic rings. The molecule has 1 unspecified atom stereocenters. The van der Waals surface area contributed by atoms with Crippen molar-refractivity contribution in [2.45, 2.75) is 12.1 Å². The van der Waals surface area contributed by atoms with Crippen LogP contribution in [-0.2, 0) is 0 Å². The number of hydrogen-bond donors (Lipinski definition) is 1. The maximum atomic E-state index is 13.9. The summed E-state index contributed by atoms with van der Waals surface area (Å²) in [7, 11) is 2.12. The summed E-state index contributed by atoms with van der Waals surface area (Å²) in [6, 6.07) is 16.4. The fraction of sp³-hybridized carbons (Fsp3) is 0.364. The van der Waals surface area contributed by atoms with E-state index in [9.17, 15) is 9.50 Å². The molecule has 1 saturated heterocycles. The van der Waals surface area contributed by atoms with Gasteiger partial charge in [0.15, 0.2) is 0 Å². The van der Waals surface area contributed by atoms with Crippen LogP contribution >= 0.6 is 0 Å². The second-order valence-electron chi connectivity index (χ2n) is 7.45. The molecule has 142 valence electrons. The van der Waals surface area contributed by atoms with Gasteiger partial charge >= 0.3 is 0 Å². The zero-order chi connectivity index (χ0) is 18.8. The van der Waals surface area contributed by atoms with Gasteiger partial charge in [-0.2, -0.15) is 0 Å². The average Bonchev–Trinajstić information content (AvgIpc) is 3.08. The largest absolute Gasteiger partial charge is 0.389 e. The Morgan fingerprint density at radius 3 is 2.56 bits per heavy atom. The first kappa shape index (κ1) is 18.2. The Kier molecular flexibility index (Phi) is 5.25. The van der Waals surface area contributed by atoms with Crippen LogP contribution in [0, 0.1) is 5.82 Å². The molecule has 1 N–H and O–H groups in total. The lowest BCUT2D eigenvalue weighted by Gasteiger charge is -2.36. The quantitative estimate of drug-likeness (QED) is 0.752. The van der Waals surface area contributed by atoms with Crippen molar-refractivity contribution in [3.63, 3.8) is 0 Å². The normalized spacial score (nSPS) is 18.6. The van der Waals surface area contributed by atoms with Gasteiger partial charge in [0.25, 0.3) is 0 Å². The molecule has 0 spiro atoms. The Balaban J connectivity index is 1.68. The van der Waals surface area contributed by atoms with E-state index in [4.69, 9.17) is 0 Å². The highest BCUT2D eigenvalue weighted by atomic mass is 19.1. The number of aliphatic hydroxyl groups is 1. The maximum absolute atomic E-state index is 13.9. The molecule has 1 aliphatic heterocycles. The standard InChI is InChI=1S/C22H26FN3O/c1-24-11-13-25(14-12-24)16-21(27)22(18-6-4-7-19(23)15-18)26-10-9-17-5-2-3-8-20(17)26/h2-10,15,21-22,27H,11-14,16H2,1H3/t21?,22-/m0/s1. The zero-order valence-corrected chi connectivity index (χ0v) is 15.6. The Bertz CT molecular complexity index is 901. The van der Waals surface area contributed by atoms with Crippen LogP contribution in [0.5, 0.6) is 0 Å². The lowest BCUT2D eigenvalue weighted by atomic mass is 9.99. The van der Waals surface area contributed by atoms with Gasteiger partial charge in [-0.25, -0.2) is 4.39 Å². The molecule has 2 atom stereocenters. The van der Waals surface area contributed by atoms with Gasteiger partial charge in [-0.05, 0) is 42.3 Å². The molecule has 3 aromatic rings. The zero-order valence-electron chi connectivity index (χ0n) is 15.6. The van der Waals surface area contributed by atoms with Gasteiger partial charge in [-0.15, -0.1) is 0 Å². The third kappa shape index (κ3) is 3.90. The number of hydrogen-bond acceptors (Lipinski definition) is 3. The molecule has 4 nitrogen and oxygen atoms in total. The van der Waals surface area contributed by atoms with E-state index in [-0.39, 0.29) is 11.9 Å². The summed E-state index contributed by atoms with van der Waals surface area (Å²) in [6.07, 6.45) is 1.36. The number of piperazine rings is 1. The predicted molar refractivity (Wildman–Crippen MR) is 106 cm³/mol. The van der Waals surface area contributed by atoms with Crippen molar-refractivity contribution in [2.24, 2.45) is 0 Å². The minimum atomic E-state index is -0.633. The summed E-state index contributed by atoms with van der Waals surface area (Å²) in [6.45, 7) is 4.46. The van der Waals surface area contributed by atoms with Crippen molar-refractivity contribution in [3.8, 4) is 0 Å². The van der Waals surface area contributed by atoms with Crippen LogP contribution in [0.1, 0.15) is 11.6 Å². The first-order valence-corrected chi connectivity index (χ1v) is 9.52. The van der Waals surface area contributed by atoms with Gasteiger partial charge in [0.1, 0.15) is 5.82 Å². The number of likely N-dealkylation sites (N-methyl/N-ethyl adjacent to an activating group) is 1. The summed E-state index contributed by atoms with van der Waals surface area (Å²) in [5, 5.41) is 12.3. The van der Waals surface area contributed by atoms with Gasteiger partial charge in [0, 0.05) is 44.4 Å². The van der Waals surface area contributed by atoms with E-state index in [1.54, 1.807) is 6.07 Å². The van der Waals surface area contributed by atoms with Crippen LogP contribution in [-0.4, -0.2) is 65.3 Å². The number of fused-ring (bicyclic) bond motifs is 1. The fourth-order valence-corrected chi connectivity index (χ4v) is 4.00. The third-order valence-corrected chi connectivity index (χ3v) is 5.53. The molecule has 1 aromatic heterocycles. The Labute approximate surface area is 159 Å². The van der Waals surface area contributed by atoms with Crippen molar-refractivity contribution in [2.75, 3.05) is 39.8 Å². The monoisotopic (exact) mass is 367 g/mol. The second kappa shape index (κ2) is 7.80. The van der Waals surface area contributed by atoms with E-state index in [1.165, 1.54) is 12.1 Å². The SMILES string of the molecule is CN1CCN(CC(O)[C@H](c2cccc(F)c2)n2ccc3ccccc32)CC1. The topological polar surface area (TPSA) is 31.6 Å².